The van der Waals surface area contributed by atoms with Crippen molar-refractivity contribution in [1.29, 1.82) is 0 Å². The molecular formula is C14H31N3O3S. The molecule has 0 amide bonds. The molecule has 0 aromatic heterocycles. The maximum absolute atomic E-state index is 12.4. The molecule has 0 spiro atoms. The molecule has 0 radical (unpaired) electrons. The second-order valence-electron chi connectivity index (χ2n) is 5.43. The molecule has 0 aliphatic carbocycles. The predicted molar refractivity (Wildman–Crippen MR) is 85.5 cm³/mol. The van der Waals surface area contributed by atoms with Gasteiger partial charge in [0, 0.05) is 32.3 Å². The Morgan fingerprint density at radius 3 is 2.76 bits per heavy atom. The van der Waals surface area contributed by atoms with E-state index in [2.05, 4.69) is 17.0 Å². The lowest BCUT2D eigenvalue weighted by Gasteiger charge is -2.34. The number of likely N-dealkylation sites (N-methyl/N-ethyl adjacent to an activating group) is 1. The topological polar surface area (TPSA) is 70.7 Å². The van der Waals surface area contributed by atoms with Crippen molar-refractivity contribution in [2.45, 2.75) is 52.0 Å². The second kappa shape index (κ2) is 10.5. The molecule has 1 aliphatic heterocycles. The summed E-state index contributed by atoms with van der Waals surface area (Å²) in [4.78, 5) is 0. The summed E-state index contributed by atoms with van der Waals surface area (Å²) in [7, 11) is -3.39. The van der Waals surface area contributed by atoms with Gasteiger partial charge in [-0.1, -0.05) is 26.7 Å². The number of nitrogens with one attached hydrogen (secondary N) is 2. The lowest BCUT2D eigenvalue weighted by Crippen LogP contribution is -2.52. The van der Waals surface area contributed by atoms with E-state index in [1.807, 2.05) is 6.92 Å². The van der Waals surface area contributed by atoms with Crippen molar-refractivity contribution in [3.05, 3.63) is 0 Å². The highest BCUT2D eigenvalue weighted by Crippen LogP contribution is 2.19. The van der Waals surface area contributed by atoms with Gasteiger partial charge in [-0.3, -0.25) is 0 Å². The van der Waals surface area contributed by atoms with Crippen LogP contribution in [-0.4, -0.2) is 58.2 Å². The van der Waals surface area contributed by atoms with Gasteiger partial charge in [-0.2, -0.15) is 17.4 Å². The van der Waals surface area contributed by atoms with Crippen LogP contribution in [0.5, 0.6) is 0 Å². The number of hydrogen-bond acceptors (Lipinski definition) is 4. The molecule has 6 nitrogen and oxygen atoms in total. The van der Waals surface area contributed by atoms with E-state index in [4.69, 9.17) is 4.74 Å². The minimum Gasteiger partial charge on any atom is -0.380 e. The lowest BCUT2D eigenvalue weighted by atomic mass is 10.1. The molecule has 1 fully saturated rings. The highest BCUT2D eigenvalue weighted by molar-refractivity contribution is 7.87. The first-order valence-corrected chi connectivity index (χ1v) is 9.60. The van der Waals surface area contributed by atoms with Gasteiger partial charge in [-0.15, -0.1) is 0 Å². The molecule has 126 valence electrons. The quantitative estimate of drug-likeness (QED) is 0.559. The van der Waals surface area contributed by atoms with Gasteiger partial charge in [0.15, 0.2) is 0 Å². The third-order valence-corrected chi connectivity index (χ3v) is 5.35. The van der Waals surface area contributed by atoms with Crippen LogP contribution < -0.4 is 10.0 Å². The zero-order valence-electron chi connectivity index (χ0n) is 13.4. The van der Waals surface area contributed by atoms with Crippen molar-refractivity contribution in [3.8, 4) is 0 Å². The van der Waals surface area contributed by atoms with Gasteiger partial charge < -0.3 is 10.1 Å². The molecule has 0 saturated carbocycles. The Kier molecular flexibility index (Phi) is 9.42. The molecule has 1 aliphatic rings. The Hall–Kier alpha value is -0.210. The first kappa shape index (κ1) is 18.8. The van der Waals surface area contributed by atoms with Crippen molar-refractivity contribution in [3.63, 3.8) is 0 Å². The molecule has 0 aromatic carbocycles. The van der Waals surface area contributed by atoms with E-state index in [0.29, 0.717) is 26.3 Å². The van der Waals surface area contributed by atoms with Crippen LogP contribution in [0.15, 0.2) is 0 Å². The SMILES string of the molecule is CCCCOCCNS(=O)(=O)N1CCCCC1CNCC. The Labute approximate surface area is 129 Å². The lowest BCUT2D eigenvalue weighted by molar-refractivity contribution is 0.135. The fraction of sp³-hybridized carbons (Fsp3) is 1.00. The Morgan fingerprint density at radius 2 is 2.05 bits per heavy atom. The standard InChI is InChI=1S/C14H31N3O3S/c1-3-5-11-20-12-9-16-21(18,19)17-10-7-6-8-14(17)13-15-4-2/h14-16H,3-13H2,1-2H3. The van der Waals surface area contributed by atoms with Gasteiger partial charge >= 0.3 is 0 Å². The molecule has 1 atom stereocenters. The van der Waals surface area contributed by atoms with Gasteiger partial charge in [0.25, 0.3) is 10.2 Å². The summed E-state index contributed by atoms with van der Waals surface area (Å²) >= 11 is 0. The number of rotatable bonds is 11. The minimum atomic E-state index is -3.39. The second-order valence-corrected chi connectivity index (χ2v) is 7.14. The average molecular weight is 321 g/mol. The van der Waals surface area contributed by atoms with Crippen molar-refractivity contribution < 1.29 is 13.2 Å². The molecule has 0 aromatic rings. The molecule has 1 rings (SSSR count). The first-order valence-electron chi connectivity index (χ1n) is 8.16. The van der Waals surface area contributed by atoms with Gasteiger partial charge in [0.2, 0.25) is 0 Å². The van der Waals surface area contributed by atoms with Gasteiger partial charge in [0.1, 0.15) is 0 Å². The molecule has 21 heavy (non-hydrogen) atoms. The minimum absolute atomic E-state index is 0.0669. The predicted octanol–water partition coefficient (Wildman–Crippen LogP) is 1.10. The maximum Gasteiger partial charge on any atom is 0.279 e. The molecule has 1 unspecified atom stereocenters. The van der Waals surface area contributed by atoms with Gasteiger partial charge in [-0.25, -0.2) is 0 Å². The van der Waals surface area contributed by atoms with Crippen LogP contribution >= 0.6 is 0 Å². The monoisotopic (exact) mass is 321 g/mol. The summed E-state index contributed by atoms with van der Waals surface area (Å²) in [6, 6.07) is 0.0669. The Morgan fingerprint density at radius 1 is 1.24 bits per heavy atom. The summed E-state index contributed by atoms with van der Waals surface area (Å²) in [5.41, 5.74) is 0. The summed E-state index contributed by atoms with van der Waals surface area (Å²) in [6.07, 6.45) is 5.08. The van der Waals surface area contributed by atoms with Crippen molar-refractivity contribution in [1.82, 2.24) is 14.3 Å². The van der Waals surface area contributed by atoms with E-state index >= 15 is 0 Å². The normalized spacial score (nSPS) is 20.8. The fourth-order valence-electron chi connectivity index (χ4n) is 2.48. The van der Waals surface area contributed by atoms with Crippen LogP contribution in [-0.2, 0) is 14.9 Å². The maximum atomic E-state index is 12.4. The molecule has 7 heteroatoms. The molecule has 2 N–H and O–H groups in total. The Balaban J connectivity index is 2.39. The van der Waals surface area contributed by atoms with Crippen molar-refractivity contribution >= 4 is 10.2 Å². The largest absolute Gasteiger partial charge is 0.380 e. The summed E-state index contributed by atoms with van der Waals surface area (Å²) < 4.78 is 34.4. The molecule has 1 heterocycles. The highest BCUT2D eigenvalue weighted by Gasteiger charge is 2.31. The van der Waals surface area contributed by atoms with Crippen LogP contribution in [0, 0.1) is 0 Å². The number of hydrogen-bond donors (Lipinski definition) is 2. The van der Waals surface area contributed by atoms with E-state index in [9.17, 15) is 8.42 Å². The molecule has 0 bridgehead atoms. The zero-order chi connectivity index (χ0) is 15.6. The van der Waals surface area contributed by atoms with E-state index in [1.54, 1.807) is 4.31 Å². The van der Waals surface area contributed by atoms with Crippen LogP contribution in [0.3, 0.4) is 0 Å². The third-order valence-electron chi connectivity index (χ3n) is 3.68. The van der Waals surface area contributed by atoms with Crippen LogP contribution in [0.25, 0.3) is 0 Å². The van der Waals surface area contributed by atoms with Crippen LogP contribution in [0.2, 0.25) is 0 Å². The van der Waals surface area contributed by atoms with Crippen molar-refractivity contribution in [2.75, 3.05) is 39.4 Å². The summed E-state index contributed by atoms with van der Waals surface area (Å²) in [6.45, 7) is 7.82. The summed E-state index contributed by atoms with van der Waals surface area (Å²) in [5, 5.41) is 3.25. The van der Waals surface area contributed by atoms with E-state index in [-0.39, 0.29) is 6.04 Å². The van der Waals surface area contributed by atoms with E-state index < -0.39 is 10.2 Å². The highest BCUT2D eigenvalue weighted by atomic mass is 32.2. The number of nitrogens with zero attached hydrogens (tertiary/aromatic N) is 1. The van der Waals surface area contributed by atoms with E-state index in [0.717, 1.165) is 45.2 Å². The zero-order valence-corrected chi connectivity index (χ0v) is 14.3. The molecular weight excluding hydrogens is 290 g/mol. The van der Waals surface area contributed by atoms with Gasteiger partial charge in [-0.05, 0) is 25.8 Å². The first-order chi connectivity index (χ1) is 10.1. The number of ether oxygens (including phenoxy) is 1. The number of piperidine rings is 1. The summed E-state index contributed by atoms with van der Waals surface area (Å²) in [5.74, 6) is 0. The van der Waals surface area contributed by atoms with E-state index in [1.165, 1.54) is 0 Å². The fourth-order valence-corrected chi connectivity index (χ4v) is 3.93. The molecule has 1 saturated heterocycles. The average Bonchev–Trinajstić information content (AvgIpc) is 2.49. The van der Waals surface area contributed by atoms with Crippen LogP contribution in [0.1, 0.15) is 46.0 Å². The third kappa shape index (κ3) is 7.06. The Bertz CT molecular complexity index is 362. The van der Waals surface area contributed by atoms with Crippen molar-refractivity contribution in [2.24, 2.45) is 0 Å². The van der Waals surface area contributed by atoms with Gasteiger partial charge in [0.05, 0.1) is 6.61 Å². The number of unbranched alkanes of at least 4 members (excludes halogenated alkanes) is 1. The van der Waals surface area contributed by atoms with Crippen LogP contribution in [0.4, 0.5) is 0 Å². The smallest absolute Gasteiger partial charge is 0.279 e.